The fourth-order valence-corrected chi connectivity index (χ4v) is 3.96. The third kappa shape index (κ3) is 6.93. The molecule has 2 rings (SSSR count). The molecule has 0 radical (unpaired) electrons. The van der Waals surface area contributed by atoms with Crippen LogP contribution in [0.4, 0.5) is 0 Å². The molecule has 0 saturated heterocycles. The van der Waals surface area contributed by atoms with E-state index in [1.807, 2.05) is 30.3 Å². The maximum Gasteiger partial charge on any atom is 0.230 e. The Kier molecular flexibility index (Phi) is 8.14. The van der Waals surface area contributed by atoms with Crippen molar-refractivity contribution in [2.75, 3.05) is 5.75 Å². The van der Waals surface area contributed by atoms with Gasteiger partial charge in [-0.25, -0.2) is 0 Å². The molecule has 0 saturated carbocycles. The predicted molar refractivity (Wildman–Crippen MR) is 109 cm³/mol. The molecule has 2 nitrogen and oxygen atoms in total. The highest BCUT2D eigenvalue weighted by Crippen LogP contribution is 2.25. The highest BCUT2D eigenvalue weighted by molar-refractivity contribution is 7.99. The lowest BCUT2D eigenvalue weighted by Gasteiger charge is -2.21. The number of carbonyl (C=O) groups excluding carboxylic acids is 1. The van der Waals surface area contributed by atoms with E-state index in [1.54, 1.807) is 17.8 Å². The quantitative estimate of drug-likeness (QED) is 0.582. The van der Waals surface area contributed by atoms with Crippen molar-refractivity contribution in [3.63, 3.8) is 0 Å². The Morgan fingerprint density at radius 2 is 1.84 bits per heavy atom. The van der Waals surface area contributed by atoms with Gasteiger partial charge >= 0.3 is 0 Å². The number of halogens is 2. The first kappa shape index (κ1) is 20.2. The van der Waals surface area contributed by atoms with Gasteiger partial charge in [0.1, 0.15) is 0 Å². The van der Waals surface area contributed by atoms with E-state index in [0.29, 0.717) is 27.5 Å². The molecule has 0 aromatic heterocycles. The van der Waals surface area contributed by atoms with Gasteiger partial charge in [-0.1, -0.05) is 73.4 Å². The van der Waals surface area contributed by atoms with Gasteiger partial charge in [0.2, 0.25) is 5.91 Å². The monoisotopic (exact) mass is 395 g/mol. The molecular formula is C20H23Cl2NOS. The smallest absolute Gasteiger partial charge is 0.230 e. The van der Waals surface area contributed by atoms with E-state index in [9.17, 15) is 4.79 Å². The van der Waals surface area contributed by atoms with Crippen LogP contribution in [-0.4, -0.2) is 11.7 Å². The Balaban J connectivity index is 1.88. The van der Waals surface area contributed by atoms with Gasteiger partial charge in [0, 0.05) is 15.8 Å². The zero-order valence-corrected chi connectivity index (χ0v) is 16.8. The molecule has 0 bridgehead atoms. The molecule has 0 fully saturated rings. The molecule has 1 amide bonds. The van der Waals surface area contributed by atoms with Gasteiger partial charge in [0.05, 0.1) is 11.8 Å². The first-order valence-corrected chi connectivity index (χ1v) is 10.2. The standard InChI is InChI=1S/C20H23Cl2NOS/c1-14(2)10-19(15-6-4-3-5-7-15)23-20(24)13-25-12-16-8-9-17(21)11-18(16)22/h3-9,11,14,19H,10,12-13H2,1-2H3,(H,23,24)/t19-/m0/s1. The third-order valence-electron chi connectivity index (χ3n) is 3.75. The van der Waals surface area contributed by atoms with Crippen molar-refractivity contribution in [1.82, 2.24) is 5.32 Å². The van der Waals surface area contributed by atoms with Crippen molar-refractivity contribution < 1.29 is 4.79 Å². The number of hydrogen-bond acceptors (Lipinski definition) is 2. The van der Waals surface area contributed by atoms with Crippen molar-refractivity contribution >= 4 is 40.9 Å². The highest BCUT2D eigenvalue weighted by atomic mass is 35.5. The Hall–Kier alpha value is -1.16. The van der Waals surface area contributed by atoms with Gasteiger partial charge in [-0.2, -0.15) is 0 Å². The summed E-state index contributed by atoms with van der Waals surface area (Å²) in [6.07, 6.45) is 0.920. The minimum Gasteiger partial charge on any atom is -0.349 e. The molecule has 0 heterocycles. The zero-order chi connectivity index (χ0) is 18.2. The van der Waals surface area contributed by atoms with Crippen molar-refractivity contribution in [2.24, 2.45) is 5.92 Å². The fraction of sp³-hybridized carbons (Fsp3) is 0.350. The molecule has 2 aromatic rings. The van der Waals surface area contributed by atoms with Crippen molar-refractivity contribution in [1.29, 1.82) is 0 Å². The maximum absolute atomic E-state index is 12.4. The molecule has 1 atom stereocenters. The number of nitrogens with one attached hydrogen (secondary N) is 1. The van der Waals surface area contributed by atoms with Crippen LogP contribution < -0.4 is 5.32 Å². The van der Waals surface area contributed by atoms with E-state index in [0.717, 1.165) is 17.5 Å². The molecule has 0 aliphatic carbocycles. The van der Waals surface area contributed by atoms with Crippen LogP contribution in [0.2, 0.25) is 10.0 Å². The second kappa shape index (κ2) is 10.1. The van der Waals surface area contributed by atoms with Crippen molar-refractivity contribution in [3.05, 3.63) is 69.7 Å². The summed E-state index contributed by atoms with van der Waals surface area (Å²) in [7, 11) is 0. The van der Waals surface area contributed by atoms with Gasteiger partial charge in [-0.05, 0) is 35.6 Å². The van der Waals surface area contributed by atoms with E-state index < -0.39 is 0 Å². The second-order valence-corrected chi connectivity index (χ2v) is 8.22. The summed E-state index contributed by atoms with van der Waals surface area (Å²) >= 11 is 13.6. The summed E-state index contributed by atoms with van der Waals surface area (Å²) in [4.78, 5) is 12.4. The summed E-state index contributed by atoms with van der Waals surface area (Å²) in [5.74, 6) is 1.64. The first-order valence-electron chi connectivity index (χ1n) is 8.31. The largest absolute Gasteiger partial charge is 0.349 e. The van der Waals surface area contributed by atoms with Gasteiger partial charge < -0.3 is 5.32 Å². The zero-order valence-electron chi connectivity index (χ0n) is 14.5. The molecule has 0 unspecified atom stereocenters. The molecule has 134 valence electrons. The molecule has 25 heavy (non-hydrogen) atoms. The number of carbonyl (C=O) groups is 1. The molecule has 0 aliphatic heterocycles. The normalized spacial score (nSPS) is 12.2. The minimum atomic E-state index is 0.0459. The topological polar surface area (TPSA) is 29.1 Å². The van der Waals surface area contributed by atoms with Crippen LogP contribution >= 0.6 is 35.0 Å². The molecule has 2 aromatic carbocycles. The number of hydrogen-bond donors (Lipinski definition) is 1. The lowest BCUT2D eigenvalue weighted by Crippen LogP contribution is -2.30. The Morgan fingerprint density at radius 1 is 1.12 bits per heavy atom. The van der Waals surface area contributed by atoms with Crippen molar-refractivity contribution in [2.45, 2.75) is 32.1 Å². The Morgan fingerprint density at radius 3 is 2.48 bits per heavy atom. The molecule has 0 aliphatic rings. The summed E-state index contributed by atoms with van der Waals surface area (Å²) in [6.45, 7) is 4.33. The fourth-order valence-electron chi connectivity index (χ4n) is 2.56. The average molecular weight is 396 g/mol. The van der Waals surface area contributed by atoms with E-state index >= 15 is 0 Å². The van der Waals surface area contributed by atoms with Gasteiger partial charge in [0.25, 0.3) is 0 Å². The van der Waals surface area contributed by atoms with Crippen LogP contribution in [0.3, 0.4) is 0 Å². The van der Waals surface area contributed by atoms with Gasteiger partial charge in [-0.15, -0.1) is 11.8 Å². The van der Waals surface area contributed by atoms with Crippen LogP contribution in [-0.2, 0) is 10.5 Å². The van der Waals surface area contributed by atoms with E-state index in [1.165, 1.54) is 0 Å². The number of rotatable bonds is 8. The average Bonchev–Trinajstić information content (AvgIpc) is 2.56. The van der Waals surface area contributed by atoms with Crippen LogP contribution in [0.15, 0.2) is 48.5 Å². The minimum absolute atomic E-state index is 0.0459. The summed E-state index contributed by atoms with van der Waals surface area (Å²) < 4.78 is 0. The van der Waals surface area contributed by atoms with Crippen LogP contribution in [0.1, 0.15) is 37.4 Å². The first-order chi connectivity index (χ1) is 12.0. The van der Waals surface area contributed by atoms with Gasteiger partial charge in [0.15, 0.2) is 0 Å². The van der Waals surface area contributed by atoms with Crippen LogP contribution in [0.5, 0.6) is 0 Å². The Bertz CT molecular complexity index is 691. The third-order valence-corrected chi connectivity index (χ3v) is 5.32. The van der Waals surface area contributed by atoms with E-state index in [4.69, 9.17) is 23.2 Å². The SMILES string of the molecule is CC(C)C[C@H](NC(=O)CSCc1ccc(Cl)cc1Cl)c1ccccc1. The molecule has 5 heteroatoms. The number of benzene rings is 2. The predicted octanol–water partition coefficient (Wildman–Crippen LogP) is 6.13. The van der Waals surface area contributed by atoms with E-state index in [-0.39, 0.29) is 11.9 Å². The lowest BCUT2D eigenvalue weighted by molar-refractivity contribution is -0.119. The summed E-state index contributed by atoms with van der Waals surface area (Å²) in [5, 5.41) is 4.42. The highest BCUT2D eigenvalue weighted by Gasteiger charge is 2.16. The van der Waals surface area contributed by atoms with Gasteiger partial charge in [-0.3, -0.25) is 4.79 Å². The molecule has 0 spiro atoms. The van der Waals surface area contributed by atoms with Crippen molar-refractivity contribution in [3.8, 4) is 0 Å². The number of thioether (sulfide) groups is 1. The molecular weight excluding hydrogens is 373 g/mol. The summed E-state index contributed by atoms with van der Waals surface area (Å²) in [6, 6.07) is 15.6. The summed E-state index contributed by atoms with van der Waals surface area (Å²) in [5.41, 5.74) is 2.14. The maximum atomic E-state index is 12.4. The lowest BCUT2D eigenvalue weighted by atomic mass is 9.97. The Labute approximate surface area is 164 Å². The number of amides is 1. The van der Waals surface area contributed by atoms with E-state index in [2.05, 4.69) is 31.3 Å². The second-order valence-electron chi connectivity index (χ2n) is 6.39. The van der Waals surface area contributed by atoms with Crippen LogP contribution in [0.25, 0.3) is 0 Å². The van der Waals surface area contributed by atoms with Crippen LogP contribution in [0, 0.1) is 5.92 Å². The molecule has 1 N–H and O–H groups in total.